The number of rotatable bonds is 2. The Hall–Kier alpha value is -1.46. The topological polar surface area (TPSA) is 55.8 Å². The molecule has 5 heteroatoms. The molecule has 0 unspecified atom stereocenters. The number of hydrogen-bond donors (Lipinski definition) is 1. The fourth-order valence-corrected chi connectivity index (χ4v) is 1.68. The highest BCUT2D eigenvalue weighted by Crippen LogP contribution is 2.28. The predicted molar refractivity (Wildman–Crippen MR) is 52.5 cm³/mol. The van der Waals surface area contributed by atoms with E-state index in [1.54, 1.807) is 6.07 Å². The van der Waals surface area contributed by atoms with Gasteiger partial charge >= 0.3 is 5.97 Å². The van der Waals surface area contributed by atoms with Crippen molar-refractivity contribution in [1.82, 2.24) is 0 Å². The second-order valence-electron chi connectivity index (χ2n) is 3.44. The molecule has 0 bridgehead atoms. The largest absolute Gasteiger partial charge is 0.479 e. The first kappa shape index (κ1) is 11.0. The van der Waals surface area contributed by atoms with Crippen molar-refractivity contribution in [2.24, 2.45) is 0 Å². The Bertz CT molecular complexity index is 393. The molecule has 0 spiro atoms. The van der Waals surface area contributed by atoms with E-state index in [4.69, 9.17) is 14.6 Å². The van der Waals surface area contributed by atoms with Crippen LogP contribution in [0.4, 0.5) is 4.39 Å². The van der Waals surface area contributed by atoms with Gasteiger partial charge < -0.3 is 14.6 Å². The molecular formula is C11H11FO4. The molecule has 1 heterocycles. The SMILES string of the molecule is O=C(O)[C@H]1OCCO[C@H]1c1ccccc1F. The molecule has 0 saturated carbocycles. The molecule has 86 valence electrons. The van der Waals surface area contributed by atoms with Gasteiger partial charge in [0.2, 0.25) is 0 Å². The second-order valence-corrected chi connectivity index (χ2v) is 3.44. The molecule has 1 aromatic carbocycles. The van der Waals surface area contributed by atoms with E-state index in [9.17, 15) is 9.18 Å². The summed E-state index contributed by atoms with van der Waals surface area (Å²) in [5, 5.41) is 8.93. The van der Waals surface area contributed by atoms with Crippen LogP contribution in [0.3, 0.4) is 0 Å². The van der Waals surface area contributed by atoms with Crippen LogP contribution in [-0.4, -0.2) is 30.4 Å². The fraction of sp³-hybridized carbons (Fsp3) is 0.364. The highest BCUT2D eigenvalue weighted by molar-refractivity contribution is 5.73. The number of carboxylic acid groups (broad SMARTS) is 1. The number of hydrogen-bond acceptors (Lipinski definition) is 3. The summed E-state index contributed by atoms with van der Waals surface area (Å²) < 4.78 is 23.8. The molecule has 1 aromatic rings. The van der Waals surface area contributed by atoms with E-state index < -0.39 is 24.0 Å². The first-order chi connectivity index (χ1) is 7.70. The molecule has 0 aromatic heterocycles. The molecule has 16 heavy (non-hydrogen) atoms. The lowest BCUT2D eigenvalue weighted by Gasteiger charge is -2.29. The molecule has 0 amide bonds. The lowest BCUT2D eigenvalue weighted by molar-refractivity contribution is -0.181. The second kappa shape index (κ2) is 4.59. The van der Waals surface area contributed by atoms with Gasteiger partial charge in [0.15, 0.2) is 6.10 Å². The van der Waals surface area contributed by atoms with Crippen molar-refractivity contribution in [2.45, 2.75) is 12.2 Å². The number of aliphatic carboxylic acids is 1. The Morgan fingerprint density at radius 2 is 2.00 bits per heavy atom. The normalized spacial score (nSPS) is 25.3. The Morgan fingerprint density at radius 3 is 2.69 bits per heavy atom. The molecule has 0 radical (unpaired) electrons. The van der Waals surface area contributed by atoms with Crippen LogP contribution in [0.1, 0.15) is 11.7 Å². The highest BCUT2D eigenvalue weighted by Gasteiger charge is 2.35. The third kappa shape index (κ3) is 2.05. The fourth-order valence-electron chi connectivity index (χ4n) is 1.68. The summed E-state index contributed by atoms with van der Waals surface area (Å²) in [6.07, 6.45) is -2.03. The summed E-state index contributed by atoms with van der Waals surface area (Å²) >= 11 is 0. The number of ether oxygens (including phenoxy) is 2. The Balaban J connectivity index is 2.30. The molecule has 1 N–H and O–H groups in total. The molecule has 1 fully saturated rings. The third-order valence-corrected chi connectivity index (χ3v) is 2.41. The first-order valence-electron chi connectivity index (χ1n) is 4.90. The lowest BCUT2D eigenvalue weighted by Crippen LogP contribution is -2.38. The molecular weight excluding hydrogens is 215 g/mol. The maximum absolute atomic E-state index is 13.5. The van der Waals surface area contributed by atoms with E-state index in [0.717, 1.165) is 0 Å². The summed E-state index contributed by atoms with van der Waals surface area (Å²) in [6.45, 7) is 0.477. The maximum Gasteiger partial charge on any atom is 0.335 e. The van der Waals surface area contributed by atoms with Crippen LogP contribution in [0.15, 0.2) is 24.3 Å². The number of carbonyl (C=O) groups is 1. The summed E-state index contributed by atoms with van der Waals surface area (Å²) in [4.78, 5) is 10.9. The van der Waals surface area contributed by atoms with Crippen molar-refractivity contribution in [3.8, 4) is 0 Å². The summed E-state index contributed by atoms with van der Waals surface area (Å²) in [5.41, 5.74) is 0.217. The average Bonchev–Trinajstić information content (AvgIpc) is 2.29. The minimum Gasteiger partial charge on any atom is -0.479 e. The summed E-state index contributed by atoms with van der Waals surface area (Å²) in [6, 6.07) is 5.95. The Labute approximate surface area is 91.6 Å². The lowest BCUT2D eigenvalue weighted by atomic mass is 10.0. The van der Waals surface area contributed by atoms with E-state index >= 15 is 0 Å². The zero-order valence-electron chi connectivity index (χ0n) is 8.43. The van der Waals surface area contributed by atoms with Gasteiger partial charge in [0, 0.05) is 5.56 Å². The van der Waals surface area contributed by atoms with Gasteiger partial charge in [0.25, 0.3) is 0 Å². The van der Waals surface area contributed by atoms with Crippen molar-refractivity contribution >= 4 is 5.97 Å². The smallest absolute Gasteiger partial charge is 0.335 e. The van der Waals surface area contributed by atoms with Crippen LogP contribution in [-0.2, 0) is 14.3 Å². The van der Waals surface area contributed by atoms with Gasteiger partial charge in [-0.25, -0.2) is 9.18 Å². The molecule has 1 aliphatic heterocycles. The van der Waals surface area contributed by atoms with Crippen molar-refractivity contribution in [3.63, 3.8) is 0 Å². The summed E-state index contributed by atoms with van der Waals surface area (Å²) in [7, 11) is 0. The van der Waals surface area contributed by atoms with Crippen molar-refractivity contribution in [3.05, 3.63) is 35.6 Å². The minimum absolute atomic E-state index is 0.210. The number of benzene rings is 1. The van der Waals surface area contributed by atoms with Crippen LogP contribution in [0, 0.1) is 5.82 Å². The van der Waals surface area contributed by atoms with Gasteiger partial charge in [-0.05, 0) is 6.07 Å². The molecule has 4 nitrogen and oxygen atoms in total. The standard InChI is InChI=1S/C11H11FO4/c12-8-4-2-1-3-7(8)9-10(11(13)14)16-6-5-15-9/h1-4,9-10H,5-6H2,(H,13,14)/t9-,10-/m0/s1. The Kier molecular flexibility index (Phi) is 3.17. The first-order valence-corrected chi connectivity index (χ1v) is 4.90. The van der Waals surface area contributed by atoms with Gasteiger partial charge in [0.05, 0.1) is 13.2 Å². The van der Waals surface area contributed by atoms with Gasteiger partial charge in [-0.2, -0.15) is 0 Å². The summed E-state index contributed by atoms with van der Waals surface area (Å²) in [5.74, 6) is -1.63. The molecule has 2 rings (SSSR count). The van der Waals surface area contributed by atoms with E-state index in [1.807, 2.05) is 0 Å². The minimum atomic E-state index is -1.15. The van der Waals surface area contributed by atoms with Crippen LogP contribution in [0.2, 0.25) is 0 Å². The van der Waals surface area contributed by atoms with Crippen molar-refractivity contribution < 1.29 is 23.8 Å². The van der Waals surface area contributed by atoms with Crippen molar-refractivity contribution in [1.29, 1.82) is 0 Å². The van der Waals surface area contributed by atoms with E-state index in [-0.39, 0.29) is 18.8 Å². The molecule has 1 aliphatic rings. The monoisotopic (exact) mass is 226 g/mol. The van der Waals surface area contributed by atoms with E-state index in [2.05, 4.69) is 0 Å². The van der Waals surface area contributed by atoms with Crippen LogP contribution in [0.25, 0.3) is 0 Å². The molecule has 1 saturated heterocycles. The van der Waals surface area contributed by atoms with Crippen LogP contribution in [0.5, 0.6) is 0 Å². The van der Waals surface area contributed by atoms with Gasteiger partial charge in [-0.3, -0.25) is 0 Å². The average molecular weight is 226 g/mol. The van der Waals surface area contributed by atoms with E-state index in [0.29, 0.717) is 0 Å². The predicted octanol–water partition coefficient (Wildman–Crippen LogP) is 1.37. The van der Waals surface area contributed by atoms with Gasteiger partial charge in [0.1, 0.15) is 11.9 Å². The number of halogens is 1. The molecule has 0 aliphatic carbocycles. The van der Waals surface area contributed by atoms with Gasteiger partial charge in [-0.15, -0.1) is 0 Å². The maximum atomic E-state index is 13.5. The van der Waals surface area contributed by atoms with Crippen LogP contribution >= 0.6 is 0 Å². The highest BCUT2D eigenvalue weighted by atomic mass is 19.1. The van der Waals surface area contributed by atoms with E-state index in [1.165, 1.54) is 18.2 Å². The van der Waals surface area contributed by atoms with Gasteiger partial charge in [-0.1, -0.05) is 18.2 Å². The third-order valence-electron chi connectivity index (χ3n) is 2.41. The quantitative estimate of drug-likeness (QED) is 0.827. The van der Waals surface area contributed by atoms with Crippen LogP contribution < -0.4 is 0 Å². The zero-order valence-corrected chi connectivity index (χ0v) is 8.43. The van der Waals surface area contributed by atoms with Crippen molar-refractivity contribution in [2.75, 3.05) is 13.2 Å². The zero-order chi connectivity index (χ0) is 11.5. The number of carboxylic acids is 1. The Morgan fingerprint density at radius 1 is 1.31 bits per heavy atom. The molecule has 2 atom stereocenters.